The van der Waals surface area contributed by atoms with Gasteiger partial charge in [-0.1, -0.05) is 127 Å². The van der Waals surface area contributed by atoms with Crippen LogP contribution in [0.4, 0.5) is 22.7 Å². The summed E-state index contributed by atoms with van der Waals surface area (Å²) in [5.41, 5.74) is 11.9. The van der Waals surface area contributed by atoms with Crippen molar-refractivity contribution >= 4 is 55.4 Å². The highest BCUT2D eigenvalue weighted by Crippen LogP contribution is 2.50. The SMILES string of the molecule is C1=CC2c3ccccc3N(c3ccccc3)C2C=C1N(c1ccc(-c2ccc3ccccc3c2)cc1)c1cccc2ccc3oc(-c4ccccc4)nc3c12. The second kappa shape index (κ2) is 12.8. The van der Waals surface area contributed by atoms with Gasteiger partial charge in [0.2, 0.25) is 5.89 Å². The predicted octanol–water partition coefficient (Wildman–Crippen LogP) is 13.4. The zero-order valence-electron chi connectivity index (χ0n) is 30.0. The molecular weight excluding hydrogens is 671 g/mol. The number of hydrogen-bond donors (Lipinski definition) is 0. The molecule has 4 heteroatoms. The molecule has 0 saturated carbocycles. The van der Waals surface area contributed by atoms with Crippen molar-refractivity contribution in [2.24, 2.45) is 0 Å². The van der Waals surface area contributed by atoms with Crippen molar-refractivity contribution in [1.82, 2.24) is 4.98 Å². The van der Waals surface area contributed by atoms with Gasteiger partial charge < -0.3 is 14.2 Å². The van der Waals surface area contributed by atoms with E-state index in [1.54, 1.807) is 0 Å². The molecule has 1 aromatic heterocycles. The Hall–Kier alpha value is -7.17. The first kappa shape index (κ1) is 31.4. The molecular formula is C51H35N3O. The van der Waals surface area contributed by atoms with Crippen LogP contribution in [-0.4, -0.2) is 11.0 Å². The molecule has 55 heavy (non-hydrogen) atoms. The molecule has 8 aromatic carbocycles. The van der Waals surface area contributed by atoms with Gasteiger partial charge in [0.15, 0.2) is 5.58 Å². The van der Waals surface area contributed by atoms with Crippen LogP contribution in [0.25, 0.3) is 55.2 Å². The molecule has 0 amide bonds. The van der Waals surface area contributed by atoms with Crippen molar-refractivity contribution in [2.45, 2.75) is 12.0 Å². The van der Waals surface area contributed by atoms with Gasteiger partial charge in [-0.3, -0.25) is 0 Å². The van der Waals surface area contributed by atoms with E-state index < -0.39 is 0 Å². The number of hydrogen-bond acceptors (Lipinski definition) is 4. The number of fused-ring (bicyclic) bond motifs is 7. The van der Waals surface area contributed by atoms with Gasteiger partial charge in [0.25, 0.3) is 0 Å². The van der Waals surface area contributed by atoms with E-state index in [4.69, 9.17) is 9.40 Å². The van der Waals surface area contributed by atoms with Crippen molar-refractivity contribution in [1.29, 1.82) is 0 Å². The van der Waals surface area contributed by atoms with E-state index in [-0.39, 0.29) is 12.0 Å². The molecule has 1 aliphatic heterocycles. The molecule has 9 aromatic rings. The quantitative estimate of drug-likeness (QED) is 0.172. The van der Waals surface area contributed by atoms with Crippen LogP contribution in [0.3, 0.4) is 0 Å². The van der Waals surface area contributed by atoms with Crippen LogP contribution in [0.15, 0.2) is 210 Å². The lowest BCUT2D eigenvalue weighted by atomic mass is 9.89. The molecule has 260 valence electrons. The molecule has 2 unspecified atom stereocenters. The van der Waals surface area contributed by atoms with E-state index >= 15 is 0 Å². The van der Waals surface area contributed by atoms with Crippen LogP contribution in [0.1, 0.15) is 11.5 Å². The van der Waals surface area contributed by atoms with Gasteiger partial charge in [0, 0.05) is 39.6 Å². The molecule has 0 radical (unpaired) electrons. The molecule has 2 aliphatic rings. The maximum absolute atomic E-state index is 6.43. The zero-order chi connectivity index (χ0) is 36.3. The second-order valence-corrected chi connectivity index (χ2v) is 14.3. The van der Waals surface area contributed by atoms with Crippen molar-refractivity contribution in [2.75, 3.05) is 9.80 Å². The topological polar surface area (TPSA) is 32.5 Å². The van der Waals surface area contributed by atoms with Gasteiger partial charge in [-0.2, -0.15) is 0 Å². The molecule has 0 spiro atoms. The molecule has 0 N–H and O–H groups in total. The number of benzene rings is 8. The summed E-state index contributed by atoms with van der Waals surface area (Å²) < 4.78 is 6.43. The minimum absolute atomic E-state index is 0.0888. The van der Waals surface area contributed by atoms with Crippen molar-refractivity contribution in [3.63, 3.8) is 0 Å². The number of oxazole rings is 1. The Labute approximate surface area is 319 Å². The van der Waals surface area contributed by atoms with Crippen LogP contribution >= 0.6 is 0 Å². The van der Waals surface area contributed by atoms with E-state index in [1.165, 1.54) is 38.8 Å². The van der Waals surface area contributed by atoms with Crippen LogP contribution in [-0.2, 0) is 0 Å². The van der Waals surface area contributed by atoms with Crippen LogP contribution in [0.2, 0.25) is 0 Å². The maximum atomic E-state index is 6.43. The Morgan fingerprint density at radius 2 is 1.27 bits per heavy atom. The second-order valence-electron chi connectivity index (χ2n) is 14.3. The minimum atomic E-state index is 0.0888. The Kier molecular flexibility index (Phi) is 7.27. The first-order valence-electron chi connectivity index (χ1n) is 18.9. The summed E-state index contributed by atoms with van der Waals surface area (Å²) in [5.74, 6) is 0.839. The number of nitrogens with zero attached hydrogens (tertiary/aromatic N) is 3. The van der Waals surface area contributed by atoms with E-state index in [1.807, 2.05) is 36.4 Å². The summed E-state index contributed by atoms with van der Waals surface area (Å²) >= 11 is 0. The molecule has 0 fully saturated rings. The standard InChI is InChI=1S/C51H35N3O/c1-3-13-37(14-4-1)51-52-50-48(55-51)31-26-36-16-11-21-46(49(36)50)53(41-27-24-35(25-28-41)39-23-22-34-12-7-8-15-38(34)32-39)42-29-30-44-43-19-9-10-20-45(43)54(47(44)33-42)40-17-5-2-6-18-40/h1-33,44,47H. The minimum Gasteiger partial charge on any atom is -0.436 e. The Morgan fingerprint density at radius 3 is 2.13 bits per heavy atom. The smallest absolute Gasteiger partial charge is 0.227 e. The van der Waals surface area contributed by atoms with Gasteiger partial charge in [-0.05, 0) is 106 Å². The van der Waals surface area contributed by atoms with E-state index in [0.29, 0.717) is 5.89 Å². The highest BCUT2D eigenvalue weighted by Gasteiger charge is 2.39. The Balaban J connectivity index is 1.10. The zero-order valence-corrected chi connectivity index (χ0v) is 30.0. The first-order chi connectivity index (χ1) is 27.3. The van der Waals surface area contributed by atoms with E-state index in [9.17, 15) is 0 Å². The third kappa shape index (κ3) is 5.25. The molecule has 11 rings (SSSR count). The number of allylic oxidation sites excluding steroid dienone is 1. The summed E-state index contributed by atoms with van der Waals surface area (Å²) in [4.78, 5) is 10.1. The summed E-state index contributed by atoms with van der Waals surface area (Å²) in [7, 11) is 0. The Morgan fingerprint density at radius 1 is 0.564 bits per heavy atom. The lowest BCUT2D eigenvalue weighted by Gasteiger charge is -2.34. The molecule has 0 bridgehead atoms. The fourth-order valence-electron chi connectivity index (χ4n) is 8.60. The largest absolute Gasteiger partial charge is 0.436 e. The van der Waals surface area contributed by atoms with Gasteiger partial charge in [0.1, 0.15) is 5.52 Å². The van der Waals surface area contributed by atoms with Crippen molar-refractivity contribution < 1.29 is 4.42 Å². The van der Waals surface area contributed by atoms with E-state index in [2.05, 4.69) is 174 Å². The van der Waals surface area contributed by atoms with Gasteiger partial charge in [-0.15, -0.1) is 0 Å². The van der Waals surface area contributed by atoms with Crippen molar-refractivity contribution in [3.8, 4) is 22.6 Å². The number of para-hydroxylation sites is 2. The summed E-state index contributed by atoms with van der Waals surface area (Å²) in [5, 5.41) is 4.64. The number of aromatic nitrogens is 1. The van der Waals surface area contributed by atoms with E-state index in [0.717, 1.165) is 44.5 Å². The highest BCUT2D eigenvalue weighted by atomic mass is 16.3. The maximum Gasteiger partial charge on any atom is 0.227 e. The first-order valence-corrected chi connectivity index (χ1v) is 18.9. The fourth-order valence-corrected chi connectivity index (χ4v) is 8.60. The average molecular weight is 706 g/mol. The lowest BCUT2D eigenvalue weighted by Crippen LogP contribution is -2.31. The summed E-state index contributed by atoms with van der Waals surface area (Å²) in [6, 6.07) is 64.8. The normalized spacial score (nSPS) is 16.0. The third-order valence-corrected chi connectivity index (χ3v) is 11.2. The van der Waals surface area contributed by atoms with Crippen LogP contribution < -0.4 is 9.80 Å². The van der Waals surface area contributed by atoms with Crippen LogP contribution in [0.5, 0.6) is 0 Å². The average Bonchev–Trinajstić information content (AvgIpc) is 3.84. The molecule has 0 saturated heterocycles. The van der Waals surface area contributed by atoms with Crippen LogP contribution in [0, 0.1) is 0 Å². The fraction of sp³-hybridized carbons (Fsp3) is 0.0392. The number of rotatable bonds is 6. The summed E-state index contributed by atoms with van der Waals surface area (Å²) in [6.07, 6.45) is 7.15. The lowest BCUT2D eigenvalue weighted by molar-refractivity contribution is 0.620. The van der Waals surface area contributed by atoms with Gasteiger partial charge in [-0.25, -0.2) is 4.98 Å². The molecule has 2 atom stereocenters. The summed E-state index contributed by atoms with van der Waals surface area (Å²) in [6.45, 7) is 0. The highest BCUT2D eigenvalue weighted by molar-refractivity contribution is 6.12. The van der Waals surface area contributed by atoms with Crippen molar-refractivity contribution in [3.05, 3.63) is 211 Å². The molecule has 4 nitrogen and oxygen atoms in total. The predicted molar refractivity (Wildman–Crippen MR) is 227 cm³/mol. The Bertz CT molecular complexity index is 2940. The molecule has 2 heterocycles. The monoisotopic (exact) mass is 705 g/mol. The van der Waals surface area contributed by atoms with Gasteiger partial charge >= 0.3 is 0 Å². The molecule has 1 aliphatic carbocycles. The number of anilines is 4. The van der Waals surface area contributed by atoms with Gasteiger partial charge in [0.05, 0.1) is 11.7 Å². The third-order valence-electron chi connectivity index (χ3n) is 11.2.